The number of aromatic nitrogens is 1. The van der Waals surface area contributed by atoms with Gasteiger partial charge in [0.1, 0.15) is 5.69 Å². The molecule has 0 aliphatic heterocycles. The molecular formula is C9H8N2O. The molecule has 3 nitrogen and oxygen atoms in total. The lowest BCUT2D eigenvalue weighted by Gasteiger charge is -1.97. The van der Waals surface area contributed by atoms with E-state index in [1.54, 1.807) is 12.1 Å². The third-order valence-electron chi connectivity index (χ3n) is 1.32. The molecule has 0 bridgehead atoms. The second kappa shape index (κ2) is 3.54. The second-order valence-electron chi connectivity index (χ2n) is 2.28. The summed E-state index contributed by atoms with van der Waals surface area (Å²) in [6.07, 6.45) is 0.517. The Kier molecular flexibility index (Phi) is 2.44. The van der Waals surface area contributed by atoms with E-state index in [-0.39, 0.29) is 0 Å². The van der Waals surface area contributed by atoms with Gasteiger partial charge in [-0.2, -0.15) is 0 Å². The molecule has 60 valence electrons. The monoisotopic (exact) mass is 160 g/mol. The number of hydrogen-bond acceptors (Lipinski definition) is 3. The Labute approximate surface area is 70.6 Å². The molecule has 1 aromatic heterocycles. The van der Waals surface area contributed by atoms with E-state index in [0.717, 1.165) is 5.69 Å². The number of pyridine rings is 1. The first-order valence-electron chi connectivity index (χ1n) is 3.42. The predicted octanol–water partition coefficient (Wildman–Crippen LogP) is 0.523. The van der Waals surface area contributed by atoms with Crippen molar-refractivity contribution in [2.75, 3.05) is 5.73 Å². The smallest absolute Gasteiger partial charge is 0.193 e. The van der Waals surface area contributed by atoms with Gasteiger partial charge in [0.2, 0.25) is 0 Å². The molecule has 1 rings (SSSR count). The molecule has 0 aliphatic carbocycles. The van der Waals surface area contributed by atoms with Crippen LogP contribution in [0.15, 0.2) is 12.1 Å². The van der Waals surface area contributed by atoms with Crippen LogP contribution in [0, 0.1) is 18.8 Å². The van der Waals surface area contributed by atoms with Crippen LogP contribution >= 0.6 is 0 Å². The standard InChI is InChI=1S/C9H8N2O/c1-7-4-5-8(10)9(11-7)3-2-6-12/h4-6H,10H2,1H3. The Morgan fingerprint density at radius 3 is 3.00 bits per heavy atom. The largest absolute Gasteiger partial charge is 0.396 e. The lowest BCUT2D eigenvalue weighted by molar-refractivity contribution is -0.103. The third-order valence-corrected chi connectivity index (χ3v) is 1.32. The second-order valence-corrected chi connectivity index (χ2v) is 2.28. The van der Waals surface area contributed by atoms with E-state index >= 15 is 0 Å². The van der Waals surface area contributed by atoms with E-state index in [1.165, 1.54) is 0 Å². The van der Waals surface area contributed by atoms with Crippen LogP contribution in [0.2, 0.25) is 0 Å². The van der Waals surface area contributed by atoms with Crippen LogP contribution in [-0.4, -0.2) is 11.3 Å². The lowest BCUT2D eigenvalue weighted by Crippen LogP contribution is -1.94. The van der Waals surface area contributed by atoms with Gasteiger partial charge in [0.15, 0.2) is 6.29 Å². The summed E-state index contributed by atoms with van der Waals surface area (Å²) in [5, 5.41) is 0. The number of aryl methyl sites for hydroxylation is 1. The first-order valence-corrected chi connectivity index (χ1v) is 3.42. The normalized spacial score (nSPS) is 8.42. The topological polar surface area (TPSA) is 56.0 Å². The van der Waals surface area contributed by atoms with Gasteiger partial charge in [0, 0.05) is 5.69 Å². The van der Waals surface area contributed by atoms with Crippen molar-refractivity contribution in [1.29, 1.82) is 0 Å². The zero-order valence-electron chi connectivity index (χ0n) is 6.66. The third kappa shape index (κ3) is 1.83. The van der Waals surface area contributed by atoms with Crippen molar-refractivity contribution in [2.45, 2.75) is 6.92 Å². The average Bonchev–Trinajstić information content (AvgIpc) is 2.07. The summed E-state index contributed by atoms with van der Waals surface area (Å²) in [5.74, 6) is 4.81. The zero-order chi connectivity index (χ0) is 8.97. The molecule has 0 atom stereocenters. The van der Waals surface area contributed by atoms with Crippen molar-refractivity contribution >= 4 is 12.0 Å². The van der Waals surface area contributed by atoms with Crippen molar-refractivity contribution in [3.05, 3.63) is 23.5 Å². The van der Waals surface area contributed by atoms with Gasteiger partial charge < -0.3 is 5.73 Å². The fourth-order valence-corrected chi connectivity index (χ4v) is 0.765. The van der Waals surface area contributed by atoms with Crippen LogP contribution in [0.25, 0.3) is 0 Å². The summed E-state index contributed by atoms with van der Waals surface area (Å²) in [4.78, 5) is 14.0. The van der Waals surface area contributed by atoms with Gasteiger partial charge in [-0.3, -0.25) is 4.79 Å². The van der Waals surface area contributed by atoms with E-state index < -0.39 is 0 Å². The Morgan fingerprint density at radius 1 is 1.58 bits per heavy atom. The summed E-state index contributed by atoms with van der Waals surface area (Å²) in [7, 11) is 0. The van der Waals surface area contributed by atoms with E-state index in [0.29, 0.717) is 17.7 Å². The minimum Gasteiger partial charge on any atom is -0.396 e. The molecule has 1 heterocycles. The van der Waals surface area contributed by atoms with Crippen molar-refractivity contribution in [3.8, 4) is 11.8 Å². The minimum atomic E-state index is 0.460. The lowest BCUT2D eigenvalue weighted by atomic mass is 10.2. The molecule has 2 N–H and O–H groups in total. The molecule has 0 amide bonds. The van der Waals surface area contributed by atoms with Gasteiger partial charge in [-0.15, -0.1) is 0 Å². The van der Waals surface area contributed by atoms with Crippen molar-refractivity contribution in [2.24, 2.45) is 0 Å². The molecule has 3 heteroatoms. The van der Waals surface area contributed by atoms with Crippen LogP contribution < -0.4 is 5.73 Å². The number of carbonyl (C=O) groups is 1. The van der Waals surface area contributed by atoms with E-state index in [1.807, 2.05) is 6.92 Å². The molecule has 0 radical (unpaired) electrons. The molecular weight excluding hydrogens is 152 g/mol. The number of hydrogen-bond donors (Lipinski definition) is 1. The SMILES string of the molecule is Cc1ccc(N)c(C#CC=O)n1. The van der Waals surface area contributed by atoms with Gasteiger partial charge in [0.25, 0.3) is 0 Å². The van der Waals surface area contributed by atoms with E-state index in [9.17, 15) is 4.79 Å². The fourth-order valence-electron chi connectivity index (χ4n) is 0.765. The summed E-state index contributed by atoms with van der Waals surface area (Å²) in [6, 6.07) is 3.51. The van der Waals surface area contributed by atoms with Crippen LogP contribution in [-0.2, 0) is 4.79 Å². The summed E-state index contributed by atoms with van der Waals surface area (Å²) >= 11 is 0. The molecule has 0 unspecified atom stereocenters. The highest BCUT2D eigenvalue weighted by molar-refractivity contribution is 5.74. The van der Waals surface area contributed by atoms with Gasteiger partial charge >= 0.3 is 0 Å². The Bertz CT molecular complexity index is 361. The minimum absolute atomic E-state index is 0.460. The molecule has 0 saturated heterocycles. The number of nitrogen functional groups attached to an aromatic ring is 1. The first-order chi connectivity index (χ1) is 5.74. The number of anilines is 1. The maximum absolute atomic E-state index is 9.93. The Hall–Kier alpha value is -1.82. The molecule has 0 saturated carbocycles. The predicted molar refractivity (Wildman–Crippen MR) is 46.3 cm³/mol. The van der Waals surface area contributed by atoms with Crippen molar-refractivity contribution < 1.29 is 4.79 Å². The fraction of sp³-hybridized carbons (Fsp3) is 0.111. The van der Waals surface area contributed by atoms with Crippen molar-refractivity contribution in [3.63, 3.8) is 0 Å². The molecule has 0 fully saturated rings. The quantitative estimate of drug-likeness (QED) is 0.444. The number of carbonyl (C=O) groups excluding carboxylic acids is 1. The van der Waals surface area contributed by atoms with Crippen LogP contribution in [0.5, 0.6) is 0 Å². The number of nitrogens with zero attached hydrogens (tertiary/aromatic N) is 1. The van der Waals surface area contributed by atoms with Gasteiger partial charge in [-0.1, -0.05) is 0 Å². The first kappa shape index (κ1) is 8.28. The highest BCUT2D eigenvalue weighted by Crippen LogP contribution is 2.07. The highest BCUT2D eigenvalue weighted by Gasteiger charge is 1.95. The number of nitrogens with two attached hydrogens (primary N) is 1. The maximum Gasteiger partial charge on any atom is 0.193 e. The Morgan fingerprint density at radius 2 is 2.33 bits per heavy atom. The van der Waals surface area contributed by atoms with Crippen LogP contribution in [0.3, 0.4) is 0 Å². The highest BCUT2D eigenvalue weighted by atomic mass is 16.1. The summed E-state index contributed by atoms with van der Waals surface area (Å²) in [6.45, 7) is 1.84. The summed E-state index contributed by atoms with van der Waals surface area (Å²) in [5.41, 5.74) is 7.34. The molecule has 0 aromatic carbocycles. The molecule has 12 heavy (non-hydrogen) atoms. The molecule has 0 aliphatic rings. The maximum atomic E-state index is 9.93. The van der Waals surface area contributed by atoms with E-state index in [4.69, 9.17) is 5.73 Å². The average molecular weight is 160 g/mol. The molecule has 0 spiro atoms. The van der Waals surface area contributed by atoms with Crippen LogP contribution in [0.1, 0.15) is 11.4 Å². The van der Waals surface area contributed by atoms with Crippen molar-refractivity contribution in [1.82, 2.24) is 4.98 Å². The number of aldehydes is 1. The van der Waals surface area contributed by atoms with Gasteiger partial charge in [-0.05, 0) is 30.9 Å². The number of rotatable bonds is 0. The zero-order valence-corrected chi connectivity index (χ0v) is 6.66. The molecule has 1 aromatic rings. The Balaban J connectivity index is 3.13. The van der Waals surface area contributed by atoms with Gasteiger partial charge in [0.05, 0.1) is 5.69 Å². The van der Waals surface area contributed by atoms with Crippen LogP contribution in [0.4, 0.5) is 5.69 Å². The van der Waals surface area contributed by atoms with E-state index in [2.05, 4.69) is 16.8 Å². The summed E-state index contributed by atoms with van der Waals surface area (Å²) < 4.78 is 0. The van der Waals surface area contributed by atoms with Gasteiger partial charge in [-0.25, -0.2) is 4.98 Å².